The second-order valence-electron chi connectivity index (χ2n) is 22.5. The number of aliphatic hydroxyl groups is 16. The van der Waals surface area contributed by atoms with Gasteiger partial charge in [0.15, 0.2) is 18.9 Å². The molecule has 4 saturated heterocycles. The number of ether oxygens (including phenoxy) is 9. The van der Waals surface area contributed by atoms with Gasteiger partial charge in [0.25, 0.3) is 0 Å². The Bertz CT molecular complexity index is 1980. The van der Waals surface area contributed by atoms with Crippen LogP contribution in [0, 0.1) is 23.7 Å². The van der Waals surface area contributed by atoms with Gasteiger partial charge in [-0.1, -0.05) is 12.2 Å². The average Bonchev–Trinajstić information content (AvgIpc) is 3.48. The average molecular weight is 1130 g/mol. The van der Waals surface area contributed by atoms with E-state index >= 15 is 0 Å². The Hall–Kier alpha value is -2.50. The Morgan fingerprint density at radius 2 is 0.910 bits per heavy atom. The van der Waals surface area contributed by atoms with E-state index in [1.54, 1.807) is 0 Å². The lowest BCUT2D eigenvalue weighted by atomic mass is 9.72. The van der Waals surface area contributed by atoms with E-state index in [2.05, 4.69) is 0 Å². The zero-order valence-corrected chi connectivity index (χ0v) is 42.9. The first-order valence-electron chi connectivity index (χ1n) is 27.2. The summed E-state index contributed by atoms with van der Waals surface area (Å²) in [6.45, 7) is -2.15. The molecule has 8 aliphatic rings. The van der Waals surface area contributed by atoms with E-state index < -0.39 is 203 Å². The van der Waals surface area contributed by atoms with Crippen molar-refractivity contribution in [3.63, 3.8) is 0 Å². The molecule has 0 aromatic heterocycles. The lowest BCUT2D eigenvalue weighted by molar-refractivity contribution is -0.380. The molecule has 8 fully saturated rings. The maximum absolute atomic E-state index is 13.1. The van der Waals surface area contributed by atoms with Gasteiger partial charge < -0.3 is 124 Å². The normalized spacial score (nSPS) is 49.5. The molecule has 0 radical (unpaired) electrons. The van der Waals surface area contributed by atoms with Gasteiger partial charge in [-0.3, -0.25) is 0 Å². The Balaban J connectivity index is 1.04. The molecule has 4 heterocycles. The summed E-state index contributed by atoms with van der Waals surface area (Å²) in [5, 5.41) is 171. The first kappa shape index (κ1) is 61.6. The fourth-order valence-electron chi connectivity index (χ4n) is 12.2. The number of esters is 2. The summed E-state index contributed by atoms with van der Waals surface area (Å²) in [7, 11) is 0. The van der Waals surface area contributed by atoms with Crippen LogP contribution in [0.1, 0.15) is 77.0 Å². The van der Waals surface area contributed by atoms with E-state index in [9.17, 15) is 91.3 Å². The minimum absolute atomic E-state index is 0.00757. The second kappa shape index (κ2) is 27.3. The molecule has 0 bridgehead atoms. The summed E-state index contributed by atoms with van der Waals surface area (Å²) in [6.07, 6.45) is -30.5. The molecule has 0 amide bonds. The third-order valence-electron chi connectivity index (χ3n) is 17.0. The Kier molecular flexibility index (Phi) is 21.5. The van der Waals surface area contributed by atoms with Gasteiger partial charge in [-0.2, -0.15) is 0 Å². The Morgan fingerprint density at radius 3 is 1.45 bits per heavy atom. The standard InChI is InChI=1S/C51H80O27/c52-17-34-39(62)42(65)45(68)49(75-34)73-32-15-23(53)14-31-24(32)16-33(47(72-31)22-5-8-27(56)30(59)13-22)74-51-48(44(67)41(64)36(77-51)19-71-38(61)10-4-21-2-7-26(55)29(58)12-21)78-50-46(69)43(66)40(63)35(76-50)18-70-37(60)9-3-20-1-6-25(54)28(57)11-20/h3-4,9-10,20-36,39-59,62-69H,1-2,5-8,11-19H2. The number of allylic oxidation sites excluding steroid dienone is 2. The molecule has 0 aromatic carbocycles. The molecule has 4 saturated carbocycles. The van der Waals surface area contributed by atoms with E-state index in [1.807, 2.05) is 0 Å². The van der Waals surface area contributed by atoms with Crippen molar-refractivity contribution in [1.82, 2.24) is 0 Å². The van der Waals surface area contributed by atoms with Gasteiger partial charge >= 0.3 is 11.9 Å². The fraction of sp³-hybridized carbons (Fsp3) is 0.882. The first-order chi connectivity index (χ1) is 37.1. The molecule has 30 atom stereocenters. The molecule has 78 heavy (non-hydrogen) atoms. The van der Waals surface area contributed by atoms with Crippen LogP contribution in [-0.2, 0) is 52.2 Å². The van der Waals surface area contributed by atoms with Crippen molar-refractivity contribution >= 4 is 11.9 Å². The molecule has 30 unspecified atom stereocenters. The van der Waals surface area contributed by atoms with Crippen molar-refractivity contribution < 1.29 is 134 Å². The molecule has 0 aromatic rings. The summed E-state index contributed by atoms with van der Waals surface area (Å²) in [5.41, 5.74) is 0. The first-order valence-corrected chi connectivity index (χ1v) is 27.2. The third-order valence-corrected chi connectivity index (χ3v) is 17.0. The Labute approximate surface area is 449 Å². The smallest absolute Gasteiger partial charge is 0.330 e. The zero-order chi connectivity index (χ0) is 56.3. The summed E-state index contributed by atoms with van der Waals surface area (Å²) >= 11 is 0. The highest BCUT2D eigenvalue weighted by molar-refractivity contribution is 5.82. The largest absolute Gasteiger partial charge is 0.460 e. The highest BCUT2D eigenvalue weighted by Gasteiger charge is 2.56. The molecule has 27 heteroatoms. The fourth-order valence-corrected chi connectivity index (χ4v) is 12.2. The monoisotopic (exact) mass is 1120 g/mol. The van der Waals surface area contributed by atoms with E-state index in [0.29, 0.717) is 32.1 Å². The van der Waals surface area contributed by atoms with Crippen LogP contribution < -0.4 is 0 Å². The molecule has 4 aliphatic carbocycles. The van der Waals surface area contributed by atoms with Crippen LogP contribution >= 0.6 is 0 Å². The lowest BCUT2D eigenvalue weighted by Crippen LogP contribution is -2.66. The number of aliphatic hydroxyl groups excluding tert-OH is 16. The van der Waals surface area contributed by atoms with Gasteiger partial charge in [0, 0.05) is 24.5 Å². The molecule has 0 spiro atoms. The van der Waals surface area contributed by atoms with Crippen LogP contribution in [-0.4, -0.2) is 273 Å². The molecular weight excluding hydrogens is 1040 g/mol. The van der Waals surface area contributed by atoms with Crippen LogP contribution in [0.25, 0.3) is 0 Å². The van der Waals surface area contributed by atoms with Crippen LogP contribution in [0.15, 0.2) is 24.3 Å². The highest BCUT2D eigenvalue weighted by atomic mass is 16.8. The van der Waals surface area contributed by atoms with E-state index in [-0.39, 0.29) is 56.8 Å². The topological polar surface area (TPSA) is 441 Å². The maximum Gasteiger partial charge on any atom is 0.330 e. The lowest BCUT2D eigenvalue weighted by Gasteiger charge is -2.53. The molecule has 8 rings (SSSR count). The van der Waals surface area contributed by atoms with Crippen molar-refractivity contribution in [3.8, 4) is 0 Å². The van der Waals surface area contributed by atoms with Crippen LogP contribution in [0.2, 0.25) is 0 Å². The number of rotatable bonds is 16. The predicted molar refractivity (Wildman–Crippen MR) is 256 cm³/mol. The quantitative estimate of drug-likeness (QED) is 0.0505. The molecule has 16 N–H and O–H groups in total. The predicted octanol–water partition coefficient (Wildman–Crippen LogP) is -6.11. The number of carbonyl (C=O) groups excluding carboxylic acids is 2. The minimum Gasteiger partial charge on any atom is -0.460 e. The van der Waals surface area contributed by atoms with Gasteiger partial charge in [-0.05, 0) is 88.4 Å². The summed E-state index contributed by atoms with van der Waals surface area (Å²) in [6, 6.07) is 0. The van der Waals surface area contributed by atoms with Gasteiger partial charge in [-0.15, -0.1) is 0 Å². The van der Waals surface area contributed by atoms with Crippen molar-refractivity contribution in [1.29, 1.82) is 0 Å². The maximum atomic E-state index is 13.1. The SMILES string of the molecule is O=C(C=CC1CCC(O)C(O)C1)OCC1OC(OC2C(OC3CC4C(OC5OC(CO)C(O)C(O)C5O)CC(O)CC4OC3C3CCC(O)C(O)C3)OC(COC(=O)C=CC3CCC(O)C(O)C3)C(O)C2O)C(O)C(O)C1O. The van der Waals surface area contributed by atoms with Crippen molar-refractivity contribution in [2.45, 2.75) is 236 Å². The second-order valence-corrected chi connectivity index (χ2v) is 22.5. The van der Waals surface area contributed by atoms with Gasteiger partial charge in [-0.25, -0.2) is 9.59 Å². The Morgan fingerprint density at radius 1 is 0.436 bits per heavy atom. The summed E-state index contributed by atoms with van der Waals surface area (Å²) in [4.78, 5) is 25.9. The van der Waals surface area contributed by atoms with E-state index in [1.165, 1.54) is 12.2 Å². The number of hydrogen-bond acceptors (Lipinski definition) is 27. The van der Waals surface area contributed by atoms with Crippen molar-refractivity contribution in [2.75, 3.05) is 19.8 Å². The zero-order valence-electron chi connectivity index (χ0n) is 42.9. The van der Waals surface area contributed by atoms with E-state index in [0.717, 1.165) is 12.2 Å². The summed E-state index contributed by atoms with van der Waals surface area (Å²) < 4.78 is 54.4. The van der Waals surface area contributed by atoms with E-state index in [4.69, 9.17) is 42.6 Å². The molecular formula is C51H80O27. The number of fused-ring (bicyclic) bond motifs is 1. The number of hydrogen-bond donors (Lipinski definition) is 16. The molecule has 446 valence electrons. The highest BCUT2D eigenvalue weighted by Crippen LogP contribution is 2.45. The van der Waals surface area contributed by atoms with Crippen LogP contribution in [0.3, 0.4) is 0 Å². The minimum atomic E-state index is -2.07. The van der Waals surface area contributed by atoms with Gasteiger partial charge in [0.1, 0.15) is 86.5 Å². The third kappa shape index (κ3) is 14.6. The molecule has 4 aliphatic heterocycles. The van der Waals surface area contributed by atoms with Crippen LogP contribution in [0.5, 0.6) is 0 Å². The number of carbonyl (C=O) groups is 2. The van der Waals surface area contributed by atoms with Crippen LogP contribution in [0.4, 0.5) is 0 Å². The molecule has 27 nitrogen and oxygen atoms in total. The van der Waals surface area contributed by atoms with Crippen molar-refractivity contribution in [2.24, 2.45) is 23.7 Å². The van der Waals surface area contributed by atoms with Crippen molar-refractivity contribution in [3.05, 3.63) is 24.3 Å². The van der Waals surface area contributed by atoms with Gasteiger partial charge in [0.05, 0.1) is 73.8 Å². The summed E-state index contributed by atoms with van der Waals surface area (Å²) in [5.74, 6) is -3.59. The van der Waals surface area contributed by atoms with Gasteiger partial charge in [0.2, 0.25) is 0 Å².